The molecule has 156 valence electrons. The fourth-order valence-electron chi connectivity index (χ4n) is 3.31. The first-order valence-electron chi connectivity index (χ1n) is 9.42. The van der Waals surface area contributed by atoms with Crippen molar-refractivity contribution in [2.75, 3.05) is 0 Å². The van der Waals surface area contributed by atoms with Crippen LogP contribution in [-0.2, 0) is 18.0 Å². The van der Waals surface area contributed by atoms with Crippen LogP contribution in [0, 0.1) is 10.1 Å². The number of nitrogens with zero attached hydrogens (tertiary/aromatic N) is 3. The van der Waals surface area contributed by atoms with Crippen LogP contribution in [-0.4, -0.2) is 15.7 Å². The summed E-state index contributed by atoms with van der Waals surface area (Å²) >= 11 is 12.2. The van der Waals surface area contributed by atoms with Gasteiger partial charge in [0.25, 0.3) is 5.69 Å². The van der Waals surface area contributed by atoms with Crippen LogP contribution >= 0.6 is 23.2 Å². The van der Waals surface area contributed by atoms with E-state index in [0.29, 0.717) is 22.2 Å². The fraction of sp³-hybridized carbons (Fsp3) is 0.0870. The summed E-state index contributed by atoms with van der Waals surface area (Å²) in [7, 11) is 0. The highest BCUT2D eigenvalue weighted by molar-refractivity contribution is 6.42. The first-order valence-corrected chi connectivity index (χ1v) is 10.2. The van der Waals surface area contributed by atoms with Crippen molar-refractivity contribution in [3.05, 3.63) is 110 Å². The fourth-order valence-corrected chi connectivity index (χ4v) is 3.63. The monoisotopic (exact) mass is 453 g/mol. The summed E-state index contributed by atoms with van der Waals surface area (Å²) in [6, 6.07) is 19.9. The molecule has 0 saturated carbocycles. The van der Waals surface area contributed by atoms with Gasteiger partial charge in [-0.2, -0.15) is 0 Å². The highest BCUT2D eigenvalue weighted by Crippen LogP contribution is 2.25. The lowest BCUT2D eigenvalue weighted by Crippen LogP contribution is -1.97. The van der Waals surface area contributed by atoms with Gasteiger partial charge in [0.05, 0.1) is 21.2 Å². The average Bonchev–Trinajstić information content (AvgIpc) is 3.11. The van der Waals surface area contributed by atoms with Crippen molar-refractivity contribution in [1.82, 2.24) is 4.57 Å². The third kappa shape index (κ3) is 4.87. The quantitative estimate of drug-likeness (QED) is 0.183. The Hall–Kier alpha value is -3.35. The molecular formula is C23H17Cl2N3O3. The number of nitro benzene ring substituents is 1. The van der Waals surface area contributed by atoms with Gasteiger partial charge >= 0.3 is 0 Å². The number of hydrogen-bond acceptors (Lipinski definition) is 4. The van der Waals surface area contributed by atoms with Crippen LogP contribution in [0.25, 0.3) is 10.9 Å². The summed E-state index contributed by atoms with van der Waals surface area (Å²) in [5.74, 6) is 0. The molecule has 0 fully saturated rings. The van der Waals surface area contributed by atoms with Gasteiger partial charge in [0, 0.05) is 41.3 Å². The molecule has 1 aromatic heterocycles. The largest absolute Gasteiger partial charge is 0.391 e. The van der Waals surface area contributed by atoms with E-state index in [1.54, 1.807) is 24.4 Å². The van der Waals surface area contributed by atoms with Gasteiger partial charge in [-0.05, 0) is 29.3 Å². The second-order valence-corrected chi connectivity index (χ2v) is 7.73. The van der Waals surface area contributed by atoms with Crippen molar-refractivity contribution in [1.29, 1.82) is 0 Å². The van der Waals surface area contributed by atoms with E-state index in [4.69, 9.17) is 28.0 Å². The van der Waals surface area contributed by atoms with Gasteiger partial charge in [0.15, 0.2) is 0 Å². The minimum atomic E-state index is -0.435. The standard InChI is InChI=1S/C23H17Cl2N3O3/c24-21-9-8-16(11-22(21)25)13-27-14-18(20-6-1-2-7-23(20)27)12-26-31-15-17-4-3-5-19(10-17)28(29)30/h1-12,14H,13,15H2/b26-12-. The molecule has 6 nitrogen and oxygen atoms in total. The summed E-state index contributed by atoms with van der Waals surface area (Å²) < 4.78 is 2.11. The minimum Gasteiger partial charge on any atom is -0.391 e. The van der Waals surface area contributed by atoms with E-state index in [9.17, 15) is 10.1 Å². The average molecular weight is 454 g/mol. The van der Waals surface area contributed by atoms with E-state index in [2.05, 4.69) is 9.72 Å². The second-order valence-electron chi connectivity index (χ2n) is 6.91. The van der Waals surface area contributed by atoms with Crippen LogP contribution in [0.4, 0.5) is 5.69 Å². The van der Waals surface area contributed by atoms with Crippen LogP contribution in [0.3, 0.4) is 0 Å². The topological polar surface area (TPSA) is 69.7 Å². The Morgan fingerprint density at radius 3 is 2.65 bits per heavy atom. The number of non-ortho nitro benzene ring substituents is 1. The number of rotatable bonds is 7. The molecule has 8 heteroatoms. The lowest BCUT2D eigenvalue weighted by Gasteiger charge is -2.06. The van der Waals surface area contributed by atoms with E-state index < -0.39 is 4.92 Å². The normalized spacial score (nSPS) is 11.3. The van der Waals surface area contributed by atoms with Crippen LogP contribution in [0.5, 0.6) is 0 Å². The number of oxime groups is 1. The zero-order valence-electron chi connectivity index (χ0n) is 16.2. The van der Waals surface area contributed by atoms with E-state index in [-0.39, 0.29) is 12.3 Å². The van der Waals surface area contributed by atoms with Crippen LogP contribution < -0.4 is 0 Å². The molecule has 4 rings (SSSR count). The molecule has 4 aromatic rings. The molecular weight excluding hydrogens is 437 g/mol. The summed E-state index contributed by atoms with van der Waals surface area (Å²) in [6.07, 6.45) is 3.64. The molecule has 0 saturated heterocycles. The maximum Gasteiger partial charge on any atom is 0.269 e. The first kappa shape index (κ1) is 20.9. The molecule has 0 spiro atoms. The maximum absolute atomic E-state index is 10.9. The molecule has 0 amide bonds. The van der Waals surface area contributed by atoms with Crippen molar-refractivity contribution >= 4 is 46.0 Å². The third-order valence-electron chi connectivity index (χ3n) is 4.78. The van der Waals surface area contributed by atoms with E-state index in [0.717, 1.165) is 22.0 Å². The van der Waals surface area contributed by atoms with Crippen LogP contribution in [0.2, 0.25) is 10.0 Å². The number of hydrogen-bond donors (Lipinski definition) is 0. The summed E-state index contributed by atoms with van der Waals surface area (Å²) in [5.41, 5.74) is 3.67. The molecule has 0 aliphatic rings. The molecule has 1 heterocycles. The van der Waals surface area contributed by atoms with E-state index >= 15 is 0 Å². The van der Waals surface area contributed by atoms with Gasteiger partial charge in [0.1, 0.15) is 6.61 Å². The SMILES string of the molecule is O=[N+]([O-])c1cccc(CO/N=C\c2cn(Cc3ccc(Cl)c(Cl)c3)c3ccccc23)c1. The number of para-hydroxylation sites is 1. The van der Waals surface area contributed by atoms with Gasteiger partial charge in [-0.3, -0.25) is 10.1 Å². The molecule has 0 radical (unpaired) electrons. The van der Waals surface area contributed by atoms with Crippen LogP contribution in [0.15, 0.2) is 78.1 Å². The van der Waals surface area contributed by atoms with Crippen molar-refractivity contribution in [2.45, 2.75) is 13.2 Å². The Bertz CT molecular complexity index is 1280. The smallest absolute Gasteiger partial charge is 0.269 e. The zero-order chi connectivity index (χ0) is 21.8. The lowest BCUT2D eigenvalue weighted by atomic mass is 10.2. The van der Waals surface area contributed by atoms with Gasteiger partial charge in [-0.15, -0.1) is 0 Å². The third-order valence-corrected chi connectivity index (χ3v) is 5.51. The Morgan fingerprint density at radius 1 is 1.00 bits per heavy atom. The summed E-state index contributed by atoms with van der Waals surface area (Å²) in [4.78, 5) is 15.8. The van der Waals surface area contributed by atoms with Gasteiger partial charge in [-0.25, -0.2) is 0 Å². The molecule has 0 N–H and O–H groups in total. The molecule has 0 bridgehead atoms. The van der Waals surface area contributed by atoms with Gasteiger partial charge in [0.2, 0.25) is 0 Å². The van der Waals surface area contributed by atoms with Crippen molar-refractivity contribution in [3.63, 3.8) is 0 Å². The second kappa shape index (κ2) is 9.20. The molecule has 0 atom stereocenters. The van der Waals surface area contributed by atoms with Crippen molar-refractivity contribution < 1.29 is 9.76 Å². The molecule has 0 aliphatic carbocycles. The molecule has 0 aliphatic heterocycles. The van der Waals surface area contributed by atoms with Crippen molar-refractivity contribution in [2.24, 2.45) is 5.16 Å². The highest BCUT2D eigenvalue weighted by Gasteiger charge is 2.09. The maximum atomic E-state index is 10.9. The Morgan fingerprint density at radius 2 is 1.84 bits per heavy atom. The summed E-state index contributed by atoms with van der Waals surface area (Å²) in [5, 5.41) is 17.0. The number of nitro groups is 1. The Kier molecular flexibility index (Phi) is 6.21. The predicted octanol–water partition coefficient (Wildman–Crippen LogP) is 6.46. The van der Waals surface area contributed by atoms with Crippen LogP contribution in [0.1, 0.15) is 16.7 Å². The first-order chi connectivity index (χ1) is 15.0. The zero-order valence-corrected chi connectivity index (χ0v) is 17.8. The Labute approximate surface area is 188 Å². The van der Waals surface area contributed by atoms with E-state index in [1.807, 2.05) is 42.6 Å². The number of fused-ring (bicyclic) bond motifs is 1. The van der Waals surface area contributed by atoms with E-state index in [1.165, 1.54) is 12.1 Å². The van der Waals surface area contributed by atoms with Gasteiger partial charge < -0.3 is 9.40 Å². The number of benzene rings is 3. The summed E-state index contributed by atoms with van der Waals surface area (Å²) in [6.45, 7) is 0.764. The lowest BCUT2D eigenvalue weighted by molar-refractivity contribution is -0.384. The number of halogens is 2. The predicted molar refractivity (Wildman–Crippen MR) is 123 cm³/mol. The van der Waals surface area contributed by atoms with Gasteiger partial charge in [-0.1, -0.05) is 64.8 Å². The molecule has 31 heavy (non-hydrogen) atoms. The number of aromatic nitrogens is 1. The minimum absolute atomic E-state index is 0.0236. The molecule has 3 aromatic carbocycles. The van der Waals surface area contributed by atoms with Crippen molar-refractivity contribution in [3.8, 4) is 0 Å². The Balaban J connectivity index is 1.52. The highest BCUT2D eigenvalue weighted by atomic mass is 35.5. The molecule has 0 unspecified atom stereocenters.